The molecule has 0 aliphatic carbocycles. The van der Waals surface area contributed by atoms with Gasteiger partial charge in [0.05, 0.1) is 31.6 Å². The highest BCUT2D eigenvalue weighted by molar-refractivity contribution is 5.79. The Kier molecular flexibility index (Phi) is 5.83. The minimum absolute atomic E-state index is 0.0126. The fourth-order valence-electron chi connectivity index (χ4n) is 1.72. The third kappa shape index (κ3) is 3.80. The van der Waals surface area contributed by atoms with Gasteiger partial charge in [-0.2, -0.15) is 5.26 Å². The van der Waals surface area contributed by atoms with Crippen molar-refractivity contribution in [3.63, 3.8) is 0 Å². The van der Waals surface area contributed by atoms with Gasteiger partial charge in [-0.05, 0) is 13.0 Å². The number of nitriles is 1. The van der Waals surface area contributed by atoms with Crippen LogP contribution in [-0.2, 0) is 9.53 Å². The van der Waals surface area contributed by atoms with E-state index in [2.05, 4.69) is 17.6 Å². The Balaban J connectivity index is 2.32. The summed E-state index contributed by atoms with van der Waals surface area (Å²) in [6.45, 7) is 4.48. The molecule has 1 rings (SSSR count). The molecule has 0 saturated carbocycles. The van der Waals surface area contributed by atoms with Crippen molar-refractivity contribution in [2.75, 3.05) is 26.3 Å². The predicted molar refractivity (Wildman–Crippen MR) is 59.6 cm³/mol. The molecule has 16 heavy (non-hydrogen) atoms. The maximum absolute atomic E-state index is 11.8. The van der Waals surface area contributed by atoms with Crippen LogP contribution < -0.4 is 10.6 Å². The van der Waals surface area contributed by atoms with Crippen LogP contribution in [0.4, 0.5) is 0 Å². The number of carbonyl (C=O) groups is 1. The molecule has 1 saturated heterocycles. The van der Waals surface area contributed by atoms with Gasteiger partial charge >= 0.3 is 0 Å². The molecule has 0 radical (unpaired) electrons. The smallest absolute Gasteiger partial charge is 0.227 e. The summed E-state index contributed by atoms with van der Waals surface area (Å²) in [5.41, 5.74) is 0. The Morgan fingerprint density at radius 2 is 2.31 bits per heavy atom. The molecule has 2 unspecified atom stereocenters. The lowest BCUT2D eigenvalue weighted by atomic mass is 10.0. The average molecular weight is 225 g/mol. The Morgan fingerprint density at radius 1 is 1.50 bits per heavy atom. The molecule has 2 N–H and O–H groups in total. The topological polar surface area (TPSA) is 74.2 Å². The molecule has 0 spiro atoms. The minimum atomic E-state index is -0.120. The molecule has 0 bridgehead atoms. The first-order valence-corrected chi connectivity index (χ1v) is 5.75. The van der Waals surface area contributed by atoms with Crippen LogP contribution in [0.2, 0.25) is 0 Å². The quantitative estimate of drug-likeness (QED) is 0.625. The van der Waals surface area contributed by atoms with Gasteiger partial charge in [0.25, 0.3) is 0 Å². The van der Waals surface area contributed by atoms with Crippen LogP contribution in [0.15, 0.2) is 0 Å². The highest BCUT2D eigenvalue weighted by Gasteiger charge is 2.33. The first kappa shape index (κ1) is 12.9. The Bertz CT molecular complexity index is 262. The van der Waals surface area contributed by atoms with E-state index in [4.69, 9.17) is 10.00 Å². The van der Waals surface area contributed by atoms with Gasteiger partial charge < -0.3 is 15.4 Å². The van der Waals surface area contributed by atoms with Gasteiger partial charge in [0.15, 0.2) is 0 Å². The zero-order chi connectivity index (χ0) is 11.8. The summed E-state index contributed by atoms with van der Waals surface area (Å²) in [6, 6.07) is 2.11. The van der Waals surface area contributed by atoms with E-state index in [1.807, 2.05) is 6.07 Å². The molecule has 0 aromatic heterocycles. The van der Waals surface area contributed by atoms with Crippen molar-refractivity contribution >= 4 is 5.91 Å². The maximum Gasteiger partial charge on any atom is 0.227 e. The molecule has 1 heterocycles. The zero-order valence-electron chi connectivity index (χ0n) is 9.66. The summed E-state index contributed by atoms with van der Waals surface area (Å²) in [4.78, 5) is 11.8. The summed E-state index contributed by atoms with van der Waals surface area (Å²) in [5.74, 6) is -0.133. The number of carbonyl (C=O) groups excluding carboxylic acids is 1. The average Bonchev–Trinajstić information content (AvgIpc) is 2.74. The van der Waals surface area contributed by atoms with Gasteiger partial charge in [0, 0.05) is 12.6 Å². The van der Waals surface area contributed by atoms with Gasteiger partial charge in [-0.25, -0.2) is 0 Å². The highest BCUT2D eigenvalue weighted by Crippen LogP contribution is 2.13. The second-order valence-corrected chi connectivity index (χ2v) is 3.90. The van der Waals surface area contributed by atoms with E-state index in [0.29, 0.717) is 26.2 Å². The van der Waals surface area contributed by atoms with Crippen LogP contribution in [0.25, 0.3) is 0 Å². The van der Waals surface area contributed by atoms with E-state index >= 15 is 0 Å². The second kappa shape index (κ2) is 7.20. The second-order valence-electron chi connectivity index (χ2n) is 3.90. The van der Waals surface area contributed by atoms with Crippen LogP contribution in [0, 0.1) is 17.2 Å². The summed E-state index contributed by atoms with van der Waals surface area (Å²) in [6.07, 6.45) is 1.39. The molecule has 5 nitrogen and oxygen atoms in total. The summed E-state index contributed by atoms with van der Waals surface area (Å²) >= 11 is 0. The lowest BCUT2D eigenvalue weighted by Gasteiger charge is -2.17. The normalized spacial score (nSPS) is 24.0. The lowest BCUT2D eigenvalue weighted by molar-refractivity contribution is -0.125. The zero-order valence-corrected chi connectivity index (χ0v) is 9.66. The molecular formula is C11H19N3O2. The molecule has 1 amide bonds. The number of hydrogen-bond donors (Lipinski definition) is 2. The molecule has 1 aliphatic rings. The predicted octanol–water partition coefficient (Wildman–Crippen LogP) is 0.0309. The van der Waals surface area contributed by atoms with Crippen molar-refractivity contribution in [3.8, 4) is 6.07 Å². The molecule has 2 atom stereocenters. The van der Waals surface area contributed by atoms with Crippen LogP contribution in [-0.4, -0.2) is 38.3 Å². The van der Waals surface area contributed by atoms with Crippen LogP contribution >= 0.6 is 0 Å². The number of amides is 1. The maximum atomic E-state index is 11.8. The minimum Gasteiger partial charge on any atom is -0.379 e. The van der Waals surface area contributed by atoms with E-state index in [1.54, 1.807) is 0 Å². The van der Waals surface area contributed by atoms with Crippen molar-refractivity contribution in [3.05, 3.63) is 0 Å². The molecular weight excluding hydrogens is 206 g/mol. The Morgan fingerprint density at radius 3 is 3.00 bits per heavy atom. The Hall–Kier alpha value is -1.12. The number of rotatable bonds is 6. The number of hydrogen-bond acceptors (Lipinski definition) is 4. The van der Waals surface area contributed by atoms with Gasteiger partial charge in [0.2, 0.25) is 5.91 Å². The monoisotopic (exact) mass is 225 g/mol. The van der Waals surface area contributed by atoms with Gasteiger partial charge in [-0.1, -0.05) is 6.92 Å². The first-order chi connectivity index (χ1) is 7.79. The van der Waals surface area contributed by atoms with Crippen molar-refractivity contribution in [1.29, 1.82) is 5.26 Å². The van der Waals surface area contributed by atoms with Crippen molar-refractivity contribution < 1.29 is 9.53 Å². The number of nitrogens with one attached hydrogen (secondary N) is 2. The van der Waals surface area contributed by atoms with E-state index in [1.165, 1.54) is 0 Å². The van der Waals surface area contributed by atoms with Gasteiger partial charge in [-0.3, -0.25) is 4.79 Å². The summed E-state index contributed by atoms with van der Waals surface area (Å²) < 4.78 is 5.31. The molecule has 0 aromatic carbocycles. The van der Waals surface area contributed by atoms with Gasteiger partial charge in [0.1, 0.15) is 0 Å². The third-order valence-electron chi connectivity index (χ3n) is 2.61. The van der Waals surface area contributed by atoms with Crippen LogP contribution in [0.3, 0.4) is 0 Å². The van der Waals surface area contributed by atoms with Crippen LogP contribution in [0.5, 0.6) is 0 Å². The first-order valence-electron chi connectivity index (χ1n) is 5.75. The Labute approximate surface area is 96.2 Å². The largest absolute Gasteiger partial charge is 0.379 e. The number of nitrogens with zero attached hydrogens (tertiary/aromatic N) is 1. The van der Waals surface area contributed by atoms with Crippen LogP contribution in [0.1, 0.15) is 19.8 Å². The van der Waals surface area contributed by atoms with E-state index in [9.17, 15) is 4.79 Å². The molecule has 1 aliphatic heterocycles. The fraction of sp³-hybridized carbons (Fsp3) is 0.818. The summed E-state index contributed by atoms with van der Waals surface area (Å²) in [5, 5.41) is 14.4. The van der Waals surface area contributed by atoms with E-state index < -0.39 is 0 Å². The number of ether oxygens (including phenoxy) is 1. The van der Waals surface area contributed by atoms with Crippen molar-refractivity contribution in [2.45, 2.75) is 25.8 Å². The van der Waals surface area contributed by atoms with Crippen molar-refractivity contribution in [1.82, 2.24) is 10.6 Å². The van der Waals surface area contributed by atoms with Crippen molar-refractivity contribution in [2.24, 2.45) is 5.92 Å². The molecule has 0 aromatic rings. The molecule has 5 heteroatoms. The molecule has 1 fully saturated rings. The SMILES string of the molecule is CCCNC1COCC1C(=O)NCCC#N. The van der Waals surface area contributed by atoms with E-state index in [-0.39, 0.29) is 17.9 Å². The standard InChI is InChI=1S/C11H19N3O2/c1-2-5-13-10-8-16-7-9(10)11(15)14-6-3-4-12/h9-10,13H,2-3,5-8H2,1H3,(H,14,15). The van der Waals surface area contributed by atoms with Gasteiger partial charge in [-0.15, -0.1) is 0 Å². The fourth-order valence-corrected chi connectivity index (χ4v) is 1.72. The molecule has 90 valence electrons. The third-order valence-corrected chi connectivity index (χ3v) is 2.61. The van der Waals surface area contributed by atoms with E-state index in [0.717, 1.165) is 13.0 Å². The highest BCUT2D eigenvalue weighted by atomic mass is 16.5. The lowest BCUT2D eigenvalue weighted by Crippen LogP contribution is -2.44. The summed E-state index contributed by atoms with van der Waals surface area (Å²) in [7, 11) is 0.